The Morgan fingerprint density at radius 1 is 1.12 bits per heavy atom. The highest BCUT2D eigenvalue weighted by Crippen LogP contribution is 2.47. The monoisotopic (exact) mass is 352 g/mol. The van der Waals surface area contributed by atoms with Crippen LogP contribution in [0.2, 0.25) is 0 Å². The first-order valence-corrected chi connectivity index (χ1v) is 9.72. The van der Waals surface area contributed by atoms with E-state index in [0.29, 0.717) is 6.54 Å². The molecule has 2 aliphatic rings. The van der Waals surface area contributed by atoms with Crippen LogP contribution in [0, 0.1) is 0 Å². The third-order valence-corrected chi connectivity index (χ3v) is 5.66. The summed E-state index contributed by atoms with van der Waals surface area (Å²) in [7, 11) is 1.82. The number of aryl methyl sites for hydroxylation is 1. The predicted octanol–water partition coefficient (Wildman–Crippen LogP) is 2.40. The zero-order valence-electron chi connectivity index (χ0n) is 15.5. The Labute approximate surface area is 155 Å². The number of nitrogens with one attached hydrogen (secondary N) is 2. The topological polar surface area (TPSA) is 67.1 Å². The highest BCUT2D eigenvalue weighted by molar-refractivity contribution is 5.79. The Morgan fingerprint density at radius 3 is 2.73 bits per heavy atom. The van der Waals surface area contributed by atoms with E-state index in [9.17, 15) is 0 Å². The van der Waals surface area contributed by atoms with Gasteiger partial charge in [0.05, 0.1) is 6.54 Å². The second-order valence-corrected chi connectivity index (χ2v) is 7.42. The summed E-state index contributed by atoms with van der Waals surface area (Å²) in [5, 5.41) is 15.7. The SMILES string of the molecule is CN=C(NCc1nnc2n1CCCCC2)NCC1(c2ccccc2)CC1. The van der Waals surface area contributed by atoms with Gasteiger partial charge in [0, 0.05) is 32.0 Å². The van der Waals surface area contributed by atoms with E-state index in [1.54, 1.807) is 0 Å². The molecule has 1 saturated carbocycles. The second kappa shape index (κ2) is 7.48. The summed E-state index contributed by atoms with van der Waals surface area (Å²) in [4.78, 5) is 4.38. The molecular weight excluding hydrogens is 324 g/mol. The lowest BCUT2D eigenvalue weighted by Crippen LogP contribution is -2.41. The van der Waals surface area contributed by atoms with Gasteiger partial charge in [0.15, 0.2) is 11.8 Å². The summed E-state index contributed by atoms with van der Waals surface area (Å²) in [6.07, 6.45) is 7.22. The molecule has 6 heteroatoms. The summed E-state index contributed by atoms with van der Waals surface area (Å²) in [6.45, 7) is 2.60. The van der Waals surface area contributed by atoms with Gasteiger partial charge >= 0.3 is 0 Å². The molecule has 26 heavy (non-hydrogen) atoms. The maximum absolute atomic E-state index is 4.38. The number of aromatic nitrogens is 3. The number of hydrogen-bond donors (Lipinski definition) is 2. The highest BCUT2D eigenvalue weighted by Gasteiger charge is 2.44. The Balaban J connectivity index is 1.34. The van der Waals surface area contributed by atoms with Crippen LogP contribution in [-0.4, -0.2) is 34.3 Å². The van der Waals surface area contributed by atoms with E-state index < -0.39 is 0 Å². The number of fused-ring (bicyclic) bond motifs is 1. The molecule has 0 spiro atoms. The van der Waals surface area contributed by atoms with Crippen LogP contribution in [0.3, 0.4) is 0 Å². The maximum atomic E-state index is 4.38. The van der Waals surface area contributed by atoms with Crippen LogP contribution in [-0.2, 0) is 24.9 Å². The molecule has 0 radical (unpaired) electrons. The number of benzene rings is 1. The van der Waals surface area contributed by atoms with Gasteiger partial charge in [0.2, 0.25) is 0 Å². The van der Waals surface area contributed by atoms with E-state index in [-0.39, 0.29) is 5.41 Å². The number of rotatable bonds is 5. The zero-order chi connectivity index (χ0) is 17.8. The molecule has 0 atom stereocenters. The molecule has 138 valence electrons. The van der Waals surface area contributed by atoms with E-state index >= 15 is 0 Å². The van der Waals surface area contributed by atoms with E-state index in [2.05, 4.69) is 60.7 Å². The van der Waals surface area contributed by atoms with Crippen LogP contribution < -0.4 is 10.6 Å². The lowest BCUT2D eigenvalue weighted by molar-refractivity contribution is 0.593. The summed E-state index contributed by atoms with van der Waals surface area (Å²) >= 11 is 0. The molecule has 2 heterocycles. The van der Waals surface area contributed by atoms with Crippen LogP contribution in [0.4, 0.5) is 0 Å². The van der Waals surface area contributed by atoms with Crippen LogP contribution in [0.5, 0.6) is 0 Å². The largest absolute Gasteiger partial charge is 0.356 e. The minimum absolute atomic E-state index is 0.269. The summed E-state index contributed by atoms with van der Waals surface area (Å²) in [5.74, 6) is 2.97. The second-order valence-electron chi connectivity index (χ2n) is 7.42. The van der Waals surface area contributed by atoms with Gasteiger partial charge in [-0.05, 0) is 31.2 Å². The molecule has 0 amide bonds. The smallest absolute Gasteiger partial charge is 0.191 e. The van der Waals surface area contributed by atoms with E-state index in [1.807, 2.05) is 7.05 Å². The molecule has 0 saturated heterocycles. The molecule has 1 fully saturated rings. The quantitative estimate of drug-likeness (QED) is 0.640. The van der Waals surface area contributed by atoms with Gasteiger partial charge in [-0.2, -0.15) is 0 Å². The van der Waals surface area contributed by atoms with Crippen LogP contribution in [0.25, 0.3) is 0 Å². The van der Waals surface area contributed by atoms with Gasteiger partial charge in [-0.25, -0.2) is 0 Å². The first-order valence-electron chi connectivity index (χ1n) is 9.72. The molecule has 1 aliphatic heterocycles. The third-order valence-electron chi connectivity index (χ3n) is 5.66. The van der Waals surface area contributed by atoms with E-state index in [4.69, 9.17) is 0 Å². The molecule has 0 unspecified atom stereocenters. The van der Waals surface area contributed by atoms with Gasteiger partial charge in [-0.1, -0.05) is 36.8 Å². The fourth-order valence-corrected chi connectivity index (χ4v) is 3.82. The van der Waals surface area contributed by atoms with Crippen molar-refractivity contribution >= 4 is 5.96 Å². The number of hydrogen-bond acceptors (Lipinski definition) is 3. The van der Waals surface area contributed by atoms with Crippen molar-refractivity contribution in [3.63, 3.8) is 0 Å². The van der Waals surface area contributed by atoms with Gasteiger partial charge in [0.1, 0.15) is 5.82 Å². The lowest BCUT2D eigenvalue weighted by Gasteiger charge is -2.19. The molecule has 1 aliphatic carbocycles. The predicted molar refractivity (Wildman–Crippen MR) is 103 cm³/mol. The molecule has 1 aromatic heterocycles. The lowest BCUT2D eigenvalue weighted by atomic mass is 9.96. The highest BCUT2D eigenvalue weighted by atomic mass is 15.3. The molecule has 4 rings (SSSR count). The first kappa shape index (κ1) is 17.1. The first-order chi connectivity index (χ1) is 12.8. The number of guanidine groups is 1. The molecule has 2 N–H and O–H groups in total. The molecule has 0 bridgehead atoms. The summed E-state index contributed by atoms with van der Waals surface area (Å²) < 4.78 is 2.28. The van der Waals surface area contributed by atoms with Crippen molar-refractivity contribution < 1.29 is 0 Å². The minimum Gasteiger partial charge on any atom is -0.356 e. The Kier molecular flexibility index (Phi) is 4.91. The fraction of sp³-hybridized carbons (Fsp3) is 0.550. The molecule has 1 aromatic carbocycles. The van der Waals surface area contributed by atoms with Gasteiger partial charge in [-0.3, -0.25) is 4.99 Å². The van der Waals surface area contributed by atoms with Crippen molar-refractivity contribution in [3.05, 3.63) is 47.5 Å². The van der Waals surface area contributed by atoms with Crippen LogP contribution in [0.15, 0.2) is 35.3 Å². The Hall–Kier alpha value is -2.37. The van der Waals surface area contributed by atoms with Gasteiger partial charge in [-0.15, -0.1) is 10.2 Å². The maximum Gasteiger partial charge on any atom is 0.191 e. The van der Waals surface area contributed by atoms with Crippen molar-refractivity contribution in [3.8, 4) is 0 Å². The van der Waals surface area contributed by atoms with Crippen molar-refractivity contribution in [2.75, 3.05) is 13.6 Å². The molecule has 2 aromatic rings. The number of nitrogens with zero attached hydrogens (tertiary/aromatic N) is 4. The van der Waals surface area contributed by atoms with Crippen LogP contribution >= 0.6 is 0 Å². The fourth-order valence-electron chi connectivity index (χ4n) is 3.82. The Bertz CT molecular complexity index is 760. The van der Waals surface area contributed by atoms with Crippen molar-refractivity contribution in [1.82, 2.24) is 25.4 Å². The van der Waals surface area contributed by atoms with Crippen molar-refractivity contribution in [1.29, 1.82) is 0 Å². The standard InChI is InChI=1S/C20H28N6/c1-21-19(23-15-20(11-12-20)16-8-4-2-5-9-16)22-14-18-25-24-17-10-6-3-7-13-26(17)18/h2,4-5,8-9H,3,6-7,10-15H2,1H3,(H2,21,22,23). The average Bonchev–Trinajstić information content (AvgIpc) is 3.44. The van der Waals surface area contributed by atoms with E-state index in [1.165, 1.54) is 37.7 Å². The number of aliphatic imine (C=N–C) groups is 1. The van der Waals surface area contributed by atoms with Crippen molar-refractivity contribution in [2.45, 2.75) is 57.0 Å². The van der Waals surface area contributed by atoms with Crippen molar-refractivity contribution in [2.24, 2.45) is 4.99 Å². The zero-order valence-corrected chi connectivity index (χ0v) is 15.5. The minimum atomic E-state index is 0.269. The van der Waals surface area contributed by atoms with Crippen LogP contribution in [0.1, 0.15) is 49.3 Å². The van der Waals surface area contributed by atoms with E-state index in [0.717, 1.165) is 37.1 Å². The van der Waals surface area contributed by atoms with Gasteiger partial charge in [0.25, 0.3) is 0 Å². The average molecular weight is 352 g/mol. The normalized spacial score (nSPS) is 18.7. The summed E-state index contributed by atoms with van der Waals surface area (Å²) in [6, 6.07) is 10.8. The Morgan fingerprint density at radius 2 is 1.96 bits per heavy atom. The molecule has 6 nitrogen and oxygen atoms in total. The summed E-state index contributed by atoms with van der Waals surface area (Å²) in [5.41, 5.74) is 1.69. The van der Waals surface area contributed by atoms with Gasteiger partial charge < -0.3 is 15.2 Å². The molecular formula is C20H28N6. The third kappa shape index (κ3) is 3.59.